The van der Waals surface area contributed by atoms with Crippen LogP contribution in [0.1, 0.15) is 42.0 Å². The molecule has 0 aliphatic rings. The van der Waals surface area contributed by atoms with Crippen LogP contribution in [0, 0.1) is 13.8 Å². The first-order chi connectivity index (χ1) is 7.49. The van der Waals surface area contributed by atoms with Crippen LogP contribution in [0.5, 0.6) is 0 Å². The van der Waals surface area contributed by atoms with Crippen molar-refractivity contribution in [3.63, 3.8) is 0 Å². The van der Waals surface area contributed by atoms with E-state index in [4.69, 9.17) is 11.6 Å². The second-order valence-corrected chi connectivity index (χ2v) is 4.65. The number of aryl methyl sites for hydroxylation is 1. The number of nitrogens with zero attached hydrogens (tertiary/aromatic N) is 1. The van der Waals surface area contributed by atoms with Gasteiger partial charge in [0.1, 0.15) is 0 Å². The second kappa shape index (κ2) is 5.29. The van der Waals surface area contributed by atoms with Crippen molar-refractivity contribution in [2.45, 2.75) is 40.2 Å². The molecule has 0 amide bonds. The van der Waals surface area contributed by atoms with Crippen molar-refractivity contribution < 1.29 is 4.79 Å². The minimum Gasteiger partial charge on any atom is -0.211 e. The summed E-state index contributed by atoms with van der Waals surface area (Å²) < 4.78 is 0. The lowest BCUT2D eigenvalue weighted by Crippen LogP contribution is -2.00. The van der Waals surface area contributed by atoms with E-state index in [1.807, 2.05) is 13.0 Å². The minimum atomic E-state index is 0.309. The third-order valence-corrected chi connectivity index (χ3v) is 3.24. The highest BCUT2D eigenvalue weighted by Crippen LogP contribution is 2.33. The maximum atomic E-state index is 10.1. The van der Waals surface area contributed by atoms with Gasteiger partial charge in [-0.2, -0.15) is 0 Å². The maximum absolute atomic E-state index is 10.1. The quantitative estimate of drug-likeness (QED) is 0.579. The van der Waals surface area contributed by atoms with Crippen LogP contribution in [0.15, 0.2) is 11.1 Å². The van der Waals surface area contributed by atoms with E-state index in [9.17, 15) is 4.79 Å². The lowest BCUT2D eigenvalue weighted by Gasteiger charge is -2.17. The summed E-state index contributed by atoms with van der Waals surface area (Å²) in [7, 11) is 0. The molecule has 0 saturated heterocycles. The van der Waals surface area contributed by atoms with Gasteiger partial charge in [-0.25, -0.2) is 9.79 Å². The van der Waals surface area contributed by atoms with E-state index in [2.05, 4.69) is 25.8 Å². The summed E-state index contributed by atoms with van der Waals surface area (Å²) in [5.74, 6) is 0.367. The average molecular weight is 238 g/mol. The fourth-order valence-corrected chi connectivity index (χ4v) is 2.38. The minimum absolute atomic E-state index is 0.309. The summed E-state index contributed by atoms with van der Waals surface area (Å²) in [6, 6.07) is 1.99. The van der Waals surface area contributed by atoms with Crippen molar-refractivity contribution in [3.8, 4) is 0 Å². The fraction of sp³-hybridized carbons (Fsp3) is 0.462. The van der Waals surface area contributed by atoms with Gasteiger partial charge in [0.15, 0.2) is 0 Å². The summed E-state index contributed by atoms with van der Waals surface area (Å²) in [6.07, 6.45) is 1.54. The molecular weight excluding hydrogens is 222 g/mol. The normalized spacial score (nSPS) is 10.4. The molecule has 0 heterocycles. The smallest absolute Gasteiger partial charge is 0.211 e. The third-order valence-electron chi connectivity index (χ3n) is 2.80. The van der Waals surface area contributed by atoms with Crippen LogP contribution in [0.3, 0.4) is 0 Å². The Morgan fingerprint density at radius 2 is 2.06 bits per heavy atom. The van der Waals surface area contributed by atoms with E-state index in [1.54, 1.807) is 6.08 Å². The monoisotopic (exact) mass is 237 g/mol. The van der Waals surface area contributed by atoms with Gasteiger partial charge in [-0.3, -0.25) is 0 Å². The molecular formula is C13H16ClNO. The number of hydrogen-bond acceptors (Lipinski definition) is 2. The van der Waals surface area contributed by atoms with Gasteiger partial charge in [-0.05, 0) is 42.0 Å². The van der Waals surface area contributed by atoms with Crippen molar-refractivity contribution in [1.29, 1.82) is 0 Å². The topological polar surface area (TPSA) is 29.4 Å². The zero-order valence-electron chi connectivity index (χ0n) is 10.1. The lowest BCUT2D eigenvalue weighted by atomic mass is 9.92. The largest absolute Gasteiger partial charge is 0.235 e. The van der Waals surface area contributed by atoms with Gasteiger partial charge in [0.05, 0.1) is 6.54 Å². The first kappa shape index (κ1) is 13.0. The molecule has 0 atom stereocenters. The Labute approximate surface area is 101 Å². The van der Waals surface area contributed by atoms with Gasteiger partial charge in [-0.15, -0.1) is 0 Å². The van der Waals surface area contributed by atoms with Crippen LogP contribution in [0.4, 0.5) is 0 Å². The van der Waals surface area contributed by atoms with E-state index in [0.29, 0.717) is 12.5 Å². The van der Waals surface area contributed by atoms with Crippen LogP contribution in [-0.2, 0) is 11.3 Å². The van der Waals surface area contributed by atoms with Crippen molar-refractivity contribution in [2.24, 2.45) is 4.99 Å². The van der Waals surface area contributed by atoms with Crippen molar-refractivity contribution in [2.75, 3.05) is 0 Å². The fourth-order valence-electron chi connectivity index (χ4n) is 1.90. The van der Waals surface area contributed by atoms with Gasteiger partial charge in [-0.1, -0.05) is 31.5 Å². The second-order valence-electron chi connectivity index (χ2n) is 4.27. The van der Waals surface area contributed by atoms with E-state index in [1.165, 1.54) is 11.1 Å². The highest BCUT2D eigenvalue weighted by Gasteiger charge is 2.14. The molecule has 0 fully saturated rings. The van der Waals surface area contributed by atoms with Crippen LogP contribution in [0.2, 0.25) is 5.02 Å². The van der Waals surface area contributed by atoms with E-state index in [-0.39, 0.29) is 0 Å². The predicted octanol–water partition coefficient (Wildman–Crippen LogP) is 3.92. The van der Waals surface area contributed by atoms with Crippen molar-refractivity contribution >= 4 is 17.7 Å². The van der Waals surface area contributed by atoms with Gasteiger partial charge < -0.3 is 0 Å². The van der Waals surface area contributed by atoms with Crippen LogP contribution in [0.25, 0.3) is 0 Å². The zero-order chi connectivity index (χ0) is 12.3. The molecule has 1 aromatic carbocycles. The van der Waals surface area contributed by atoms with E-state index >= 15 is 0 Å². The predicted molar refractivity (Wildman–Crippen MR) is 66.8 cm³/mol. The first-order valence-electron chi connectivity index (χ1n) is 5.31. The molecule has 0 spiro atoms. The molecule has 0 aliphatic heterocycles. The number of hydrogen-bond donors (Lipinski definition) is 0. The standard InChI is InChI=1S/C13H16ClNO/c1-8(2)12-10(4)9(3)5-11(13(12)14)6-15-7-16/h5,8H,6H2,1-4H3. The number of carbonyl (C=O) groups excluding carboxylic acids is 1. The van der Waals surface area contributed by atoms with Gasteiger partial charge >= 0.3 is 0 Å². The first-order valence-corrected chi connectivity index (χ1v) is 5.69. The van der Waals surface area contributed by atoms with Crippen LogP contribution < -0.4 is 0 Å². The molecule has 0 aromatic heterocycles. The third kappa shape index (κ3) is 2.52. The average Bonchev–Trinajstić information content (AvgIpc) is 2.21. The Morgan fingerprint density at radius 3 is 2.56 bits per heavy atom. The highest BCUT2D eigenvalue weighted by molar-refractivity contribution is 6.32. The molecule has 0 unspecified atom stereocenters. The van der Waals surface area contributed by atoms with Crippen LogP contribution in [-0.4, -0.2) is 6.08 Å². The lowest BCUT2D eigenvalue weighted by molar-refractivity contribution is 0.563. The van der Waals surface area contributed by atoms with E-state index in [0.717, 1.165) is 16.1 Å². The van der Waals surface area contributed by atoms with Gasteiger partial charge in [0, 0.05) is 5.02 Å². The molecule has 3 heteroatoms. The molecule has 0 radical (unpaired) electrons. The highest BCUT2D eigenvalue weighted by atomic mass is 35.5. The molecule has 0 bridgehead atoms. The Bertz CT molecular complexity index is 446. The molecule has 16 heavy (non-hydrogen) atoms. The van der Waals surface area contributed by atoms with Gasteiger partial charge in [0.2, 0.25) is 6.08 Å². The Hall–Kier alpha value is -1.11. The zero-order valence-corrected chi connectivity index (χ0v) is 10.9. The molecule has 1 rings (SSSR count). The molecule has 0 saturated carbocycles. The maximum Gasteiger partial charge on any atom is 0.235 e. The van der Waals surface area contributed by atoms with Crippen molar-refractivity contribution in [1.82, 2.24) is 0 Å². The summed E-state index contributed by atoms with van der Waals surface area (Å²) in [5, 5.41) is 0.733. The number of rotatable bonds is 3. The summed E-state index contributed by atoms with van der Waals surface area (Å²) in [4.78, 5) is 13.7. The van der Waals surface area contributed by atoms with Gasteiger partial charge in [0.25, 0.3) is 0 Å². The molecule has 2 nitrogen and oxygen atoms in total. The number of isocyanates is 1. The molecule has 86 valence electrons. The number of benzene rings is 1. The SMILES string of the molecule is Cc1cc(CN=C=O)c(Cl)c(C(C)C)c1C. The van der Waals surface area contributed by atoms with Crippen molar-refractivity contribution in [3.05, 3.63) is 33.3 Å². The Balaban J connectivity index is 3.37. The Kier molecular flexibility index (Phi) is 4.28. The van der Waals surface area contributed by atoms with E-state index < -0.39 is 0 Å². The summed E-state index contributed by atoms with van der Waals surface area (Å²) in [5.41, 5.74) is 4.46. The molecule has 0 N–H and O–H groups in total. The van der Waals surface area contributed by atoms with Crippen LogP contribution >= 0.6 is 11.6 Å². The summed E-state index contributed by atoms with van der Waals surface area (Å²) >= 11 is 6.33. The molecule has 0 aliphatic carbocycles. The summed E-state index contributed by atoms with van der Waals surface area (Å²) in [6.45, 7) is 8.65. The Morgan fingerprint density at radius 1 is 1.44 bits per heavy atom. The number of halogens is 1. The molecule has 1 aromatic rings. The number of aliphatic imine (C=N–C) groups is 1.